The summed E-state index contributed by atoms with van der Waals surface area (Å²) >= 11 is 0. The molecular weight excluding hydrogens is 258 g/mol. The van der Waals surface area contributed by atoms with Gasteiger partial charge in [-0.3, -0.25) is 4.79 Å². The average Bonchev–Trinajstić information content (AvgIpc) is 2.45. The Morgan fingerprint density at radius 2 is 1.60 bits per heavy atom. The molecule has 2 rings (SSSR count). The van der Waals surface area contributed by atoms with Gasteiger partial charge in [0, 0.05) is 5.56 Å². The Morgan fingerprint density at radius 3 is 2.15 bits per heavy atom. The van der Waals surface area contributed by atoms with Crippen molar-refractivity contribution in [2.24, 2.45) is 0 Å². The van der Waals surface area contributed by atoms with Crippen molar-refractivity contribution in [3.63, 3.8) is 0 Å². The van der Waals surface area contributed by atoms with Gasteiger partial charge in [-0.05, 0) is 30.5 Å². The van der Waals surface area contributed by atoms with E-state index in [0.717, 1.165) is 37.0 Å². The molecule has 2 aromatic carbocycles. The van der Waals surface area contributed by atoms with Gasteiger partial charge in [-0.25, -0.2) is 8.78 Å². The van der Waals surface area contributed by atoms with Gasteiger partial charge in [0.15, 0.2) is 5.78 Å². The van der Waals surface area contributed by atoms with Crippen molar-refractivity contribution in [2.45, 2.75) is 26.2 Å². The highest BCUT2D eigenvalue weighted by atomic mass is 19.1. The summed E-state index contributed by atoms with van der Waals surface area (Å²) in [5.41, 5.74) is 0.931. The number of carbonyl (C=O) groups is 1. The van der Waals surface area contributed by atoms with E-state index in [1.807, 2.05) is 12.1 Å². The lowest BCUT2D eigenvalue weighted by Crippen LogP contribution is -2.07. The molecule has 0 spiro atoms. The molecule has 2 aromatic rings. The minimum absolute atomic E-state index is 0.300. The van der Waals surface area contributed by atoms with Crippen LogP contribution >= 0.6 is 0 Å². The molecule has 0 aromatic heterocycles. The van der Waals surface area contributed by atoms with E-state index < -0.39 is 23.0 Å². The lowest BCUT2D eigenvalue weighted by molar-refractivity contribution is 0.103. The molecule has 0 aliphatic heterocycles. The molecule has 0 heterocycles. The van der Waals surface area contributed by atoms with Crippen LogP contribution in [0.5, 0.6) is 0 Å². The van der Waals surface area contributed by atoms with Crippen LogP contribution in [-0.2, 0) is 6.42 Å². The van der Waals surface area contributed by atoms with Crippen LogP contribution in [-0.4, -0.2) is 5.78 Å². The van der Waals surface area contributed by atoms with Gasteiger partial charge < -0.3 is 0 Å². The van der Waals surface area contributed by atoms with Crippen LogP contribution in [0.25, 0.3) is 0 Å². The number of carbonyl (C=O) groups excluding carboxylic acids is 1. The van der Waals surface area contributed by atoms with Crippen molar-refractivity contribution in [1.82, 2.24) is 0 Å². The van der Waals surface area contributed by atoms with E-state index >= 15 is 0 Å². The van der Waals surface area contributed by atoms with Crippen molar-refractivity contribution in [3.8, 4) is 0 Å². The fraction of sp³-hybridized carbons (Fsp3) is 0.235. The Morgan fingerprint density at radius 1 is 1.00 bits per heavy atom. The van der Waals surface area contributed by atoms with Crippen LogP contribution in [0.15, 0.2) is 42.5 Å². The second-order valence-corrected chi connectivity index (χ2v) is 4.73. The third-order valence-electron chi connectivity index (χ3n) is 3.22. The topological polar surface area (TPSA) is 17.1 Å². The maximum Gasteiger partial charge on any atom is 0.198 e. The molecule has 20 heavy (non-hydrogen) atoms. The first kappa shape index (κ1) is 14.4. The monoisotopic (exact) mass is 274 g/mol. The maximum atomic E-state index is 13.6. The van der Waals surface area contributed by atoms with E-state index in [1.54, 1.807) is 12.1 Å². The van der Waals surface area contributed by atoms with E-state index in [2.05, 4.69) is 6.92 Å². The molecule has 0 saturated heterocycles. The highest BCUT2D eigenvalue weighted by Crippen LogP contribution is 2.18. The summed E-state index contributed by atoms with van der Waals surface area (Å²) in [5.74, 6) is -2.28. The fourth-order valence-electron chi connectivity index (χ4n) is 2.06. The quantitative estimate of drug-likeness (QED) is 0.732. The third kappa shape index (κ3) is 3.10. The van der Waals surface area contributed by atoms with Crippen molar-refractivity contribution in [2.75, 3.05) is 0 Å². The average molecular weight is 274 g/mol. The molecule has 1 nitrogen and oxygen atoms in total. The Hall–Kier alpha value is -2.03. The van der Waals surface area contributed by atoms with E-state index in [-0.39, 0.29) is 0 Å². The van der Waals surface area contributed by atoms with Crippen LogP contribution in [0.3, 0.4) is 0 Å². The minimum Gasteiger partial charge on any atom is -0.288 e. The summed E-state index contributed by atoms with van der Waals surface area (Å²) in [6.07, 6.45) is 3.12. The molecule has 0 bridgehead atoms. The molecule has 0 N–H and O–H groups in total. The molecule has 0 fully saturated rings. The molecule has 3 heteroatoms. The summed E-state index contributed by atoms with van der Waals surface area (Å²) in [5, 5.41) is 0. The minimum atomic E-state index is -0.829. The molecule has 0 amide bonds. The summed E-state index contributed by atoms with van der Waals surface area (Å²) in [4.78, 5) is 12.1. The largest absolute Gasteiger partial charge is 0.288 e. The summed E-state index contributed by atoms with van der Waals surface area (Å²) in [6, 6.07) is 10.3. The predicted octanol–water partition coefficient (Wildman–Crippen LogP) is 4.54. The number of benzene rings is 2. The zero-order valence-corrected chi connectivity index (χ0v) is 11.3. The molecule has 0 radical (unpaired) electrons. The molecule has 104 valence electrons. The van der Waals surface area contributed by atoms with E-state index in [0.29, 0.717) is 5.56 Å². The van der Waals surface area contributed by atoms with Gasteiger partial charge in [0.1, 0.15) is 11.6 Å². The van der Waals surface area contributed by atoms with Gasteiger partial charge in [0.2, 0.25) is 0 Å². The van der Waals surface area contributed by atoms with Crippen LogP contribution in [0, 0.1) is 11.6 Å². The third-order valence-corrected chi connectivity index (χ3v) is 3.22. The van der Waals surface area contributed by atoms with Crippen LogP contribution in [0.4, 0.5) is 8.78 Å². The Labute approximate surface area is 117 Å². The Bertz CT molecular complexity index is 583. The zero-order chi connectivity index (χ0) is 14.5. The van der Waals surface area contributed by atoms with Gasteiger partial charge in [0.25, 0.3) is 0 Å². The first-order valence-corrected chi connectivity index (χ1v) is 6.71. The van der Waals surface area contributed by atoms with Crippen molar-refractivity contribution in [1.29, 1.82) is 0 Å². The number of halogens is 2. The van der Waals surface area contributed by atoms with Crippen LogP contribution < -0.4 is 0 Å². The normalized spacial score (nSPS) is 10.6. The number of aryl methyl sites for hydroxylation is 1. The number of ketones is 1. The lowest BCUT2D eigenvalue weighted by Gasteiger charge is -2.05. The molecule has 0 atom stereocenters. The standard InChI is InChI=1S/C17H16F2O/c1-2-3-5-12-8-10-13(11-9-12)17(20)16-14(18)6-4-7-15(16)19/h4,6-11H,2-3,5H2,1H3. The second-order valence-electron chi connectivity index (χ2n) is 4.73. The van der Waals surface area contributed by atoms with Crippen LogP contribution in [0.2, 0.25) is 0 Å². The second kappa shape index (κ2) is 6.42. The zero-order valence-electron chi connectivity index (χ0n) is 11.3. The smallest absolute Gasteiger partial charge is 0.198 e. The van der Waals surface area contributed by atoms with Crippen LogP contribution in [0.1, 0.15) is 41.3 Å². The maximum absolute atomic E-state index is 13.6. The first-order valence-electron chi connectivity index (χ1n) is 6.71. The SMILES string of the molecule is CCCCc1ccc(C(=O)c2c(F)cccc2F)cc1. The number of hydrogen-bond donors (Lipinski definition) is 0. The highest BCUT2D eigenvalue weighted by molar-refractivity contribution is 6.09. The summed E-state index contributed by atoms with van der Waals surface area (Å²) in [6.45, 7) is 2.11. The van der Waals surface area contributed by atoms with Crippen molar-refractivity contribution in [3.05, 3.63) is 70.8 Å². The number of hydrogen-bond acceptors (Lipinski definition) is 1. The van der Waals surface area contributed by atoms with Gasteiger partial charge in [-0.2, -0.15) is 0 Å². The lowest BCUT2D eigenvalue weighted by atomic mass is 10.00. The number of unbranched alkanes of at least 4 members (excludes halogenated alkanes) is 1. The Balaban J connectivity index is 2.25. The van der Waals surface area contributed by atoms with Gasteiger partial charge in [-0.1, -0.05) is 43.7 Å². The molecule has 0 saturated carbocycles. The summed E-state index contributed by atoms with van der Waals surface area (Å²) in [7, 11) is 0. The molecule has 0 unspecified atom stereocenters. The highest BCUT2D eigenvalue weighted by Gasteiger charge is 2.18. The predicted molar refractivity (Wildman–Crippen MR) is 74.8 cm³/mol. The first-order chi connectivity index (χ1) is 9.63. The molecule has 0 aliphatic carbocycles. The van der Waals surface area contributed by atoms with Crippen molar-refractivity contribution < 1.29 is 13.6 Å². The molecular formula is C17H16F2O. The van der Waals surface area contributed by atoms with E-state index in [4.69, 9.17) is 0 Å². The summed E-state index contributed by atoms with van der Waals surface area (Å²) < 4.78 is 27.1. The van der Waals surface area contributed by atoms with E-state index in [9.17, 15) is 13.6 Å². The fourth-order valence-corrected chi connectivity index (χ4v) is 2.06. The van der Waals surface area contributed by atoms with E-state index in [1.165, 1.54) is 6.07 Å². The number of rotatable bonds is 5. The van der Waals surface area contributed by atoms with Crippen molar-refractivity contribution >= 4 is 5.78 Å². The van der Waals surface area contributed by atoms with Gasteiger partial charge in [-0.15, -0.1) is 0 Å². The van der Waals surface area contributed by atoms with Gasteiger partial charge >= 0.3 is 0 Å². The molecule has 0 aliphatic rings. The Kier molecular flexibility index (Phi) is 4.61. The van der Waals surface area contributed by atoms with Gasteiger partial charge in [0.05, 0.1) is 5.56 Å².